The fourth-order valence-corrected chi connectivity index (χ4v) is 2.66. The lowest BCUT2D eigenvalue weighted by molar-refractivity contribution is 0.172. The first kappa shape index (κ1) is 19.5. The van der Waals surface area contributed by atoms with E-state index in [-0.39, 0.29) is 24.8 Å². The summed E-state index contributed by atoms with van der Waals surface area (Å²) in [5, 5.41) is 3.42. The van der Waals surface area contributed by atoms with Gasteiger partial charge in [-0.15, -0.1) is 31.4 Å². The van der Waals surface area contributed by atoms with Crippen molar-refractivity contribution in [2.75, 3.05) is 26.2 Å². The van der Waals surface area contributed by atoms with Crippen LogP contribution in [0.25, 0.3) is 0 Å². The van der Waals surface area contributed by atoms with E-state index in [2.05, 4.69) is 54.9 Å². The molecule has 0 radical (unpaired) electrons. The molecular formula is C16H26Cl2N2. The van der Waals surface area contributed by atoms with Crippen LogP contribution < -0.4 is 5.32 Å². The van der Waals surface area contributed by atoms with Gasteiger partial charge in [0.25, 0.3) is 0 Å². The Hall–Kier alpha value is -0.540. The van der Waals surface area contributed by atoms with E-state index in [1.165, 1.54) is 16.7 Å². The molecule has 1 aliphatic heterocycles. The molecule has 114 valence electrons. The minimum atomic E-state index is 0. The highest BCUT2D eigenvalue weighted by molar-refractivity contribution is 5.85. The van der Waals surface area contributed by atoms with Crippen molar-refractivity contribution in [2.45, 2.75) is 26.3 Å². The lowest BCUT2D eigenvalue weighted by Crippen LogP contribution is -2.45. The molecule has 20 heavy (non-hydrogen) atoms. The number of hydrogen-bond donors (Lipinski definition) is 1. The van der Waals surface area contributed by atoms with E-state index in [0.717, 1.165) is 32.6 Å². The van der Waals surface area contributed by atoms with Crippen LogP contribution >= 0.6 is 24.8 Å². The van der Waals surface area contributed by atoms with Gasteiger partial charge in [0, 0.05) is 32.2 Å². The number of halogens is 2. The molecule has 1 N–H and O–H groups in total. The SMILES string of the molecule is C=C(C)C[C@@H](c1cccc(C)c1)N1CCNCC1.Cl.Cl. The van der Waals surface area contributed by atoms with Crippen molar-refractivity contribution in [1.29, 1.82) is 0 Å². The van der Waals surface area contributed by atoms with Crippen LogP contribution in [0.3, 0.4) is 0 Å². The normalized spacial score (nSPS) is 16.7. The van der Waals surface area contributed by atoms with Crippen molar-refractivity contribution in [3.05, 3.63) is 47.5 Å². The molecule has 1 heterocycles. The van der Waals surface area contributed by atoms with Crippen LogP contribution in [0, 0.1) is 6.92 Å². The van der Waals surface area contributed by atoms with Gasteiger partial charge in [-0.25, -0.2) is 0 Å². The first-order valence-corrected chi connectivity index (χ1v) is 6.82. The average Bonchev–Trinajstić information content (AvgIpc) is 2.37. The first-order chi connectivity index (χ1) is 8.66. The van der Waals surface area contributed by atoms with Crippen LogP contribution in [-0.4, -0.2) is 31.1 Å². The second-order valence-corrected chi connectivity index (χ2v) is 5.38. The van der Waals surface area contributed by atoms with Crippen molar-refractivity contribution in [3.63, 3.8) is 0 Å². The molecule has 0 spiro atoms. The Morgan fingerprint density at radius 2 is 1.95 bits per heavy atom. The summed E-state index contributed by atoms with van der Waals surface area (Å²) >= 11 is 0. The summed E-state index contributed by atoms with van der Waals surface area (Å²) in [6, 6.07) is 9.39. The third-order valence-electron chi connectivity index (χ3n) is 3.56. The van der Waals surface area contributed by atoms with Crippen LogP contribution in [0.15, 0.2) is 36.4 Å². The third kappa shape index (κ3) is 5.45. The molecular weight excluding hydrogens is 291 g/mol. The maximum Gasteiger partial charge on any atom is 0.0386 e. The highest BCUT2D eigenvalue weighted by Gasteiger charge is 2.21. The summed E-state index contributed by atoms with van der Waals surface area (Å²) < 4.78 is 0. The van der Waals surface area contributed by atoms with Crippen LogP contribution in [-0.2, 0) is 0 Å². The molecule has 0 unspecified atom stereocenters. The van der Waals surface area contributed by atoms with Crippen molar-refractivity contribution in [2.24, 2.45) is 0 Å². The van der Waals surface area contributed by atoms with Gasteiger partial charge >= 0.3 is 0 Å². The lowest BCUT2D eigenvalue weighted by atomic mass is 9.97. The predicted octanol–water partition coefficient (Wildman–Crippen LogP) is 3.75. The van der Waals surface area contributed by atoms with Crippen LogP contribution in [0.1, 0.15) is 30.5 Å². The molecule has 4 heteroatoms. The Morgan fingerprint density at radius 1 is 1.30 bits per heavy atom. The quantitative estimate of drug-likeness (QED) is 0.851. The van der Waals surface area contributed by atoms with Crippen LogP contribution in [0.2, 0.25) is 0 Å². The van der Waals surface area contributed by atoms with E-state index < -0.39 is 0 Å². The van der Waals surface area contributed by atoms with Gasteiger partial charge in [-0.3, -0.25) is 4.90 Å². The zero-order valence-corrected chi connectivity index (χ0v) is 14.0. The molecule has 1 aromatic rings. The summed E-state index contributed by atoms with van der Waals surface area (Å²) in [7, 11) is 0. The number of piperazine rings is 1. The standard InChI is InChI=1S/C16H24N2.2ClH/c1-13(2)11-16(18-9-7-17-8-10-18)15-6-4-5-14(3)12-15;;/h4-6,12,16-17H,1,7-11H2,2-3H3;2*1H/t16-;;/m0../s1. The molecule has 1 aromatic carbocycles. The molecule has 1 saturated heterocycles. The minimum Gasteiger partial charge on any atom is -0.314 e. The summed E-state index contributed by atoms with van der Waals surface area (Å²) in [5.74, 6) is 0. The van der Waals surface area contributed by atoms with Gasteiger partial charge in [-0.2, -0.15) is 0 Å². The zero-order chi connectivity index (χ0) is 13.0. The van der Waals surface area contributed by atoms with Gasteiger partial charge in [0.1, 0.15) is 0 Å². The Labute approximate surface area is 135 Å². The molecule has 0 bridgehead atoms. The lowest BCUT2D eigenvalue weighted by Gasteiger charge is -2.35. The Bertz CT molecular complexity index is 415. The van der Waals surface area contributed by atoms with E-state index in [1.807, 2.05) is 0 Å². The van der Waals surface area contributed by atoms with Gasteiger partial charge in [-0.05, 0) is 25.8 Å². The van der Waals surface area contributed by atoms with Crippen molar-refractivity contribution >= 4 is 24.8 Å². The van der Waals surface area contributed by atoms with Gasteiger partial charge < -0.3 is 5.32 Å². The van der Waals surface area contributed by atoms with Crippen molar-refractivity contribution in [1.82, 2.24) is 10.2 Å². The number of aryl methyl sites for hydroxylation is 1. The highest BCUT2D eigenvalue weighted by Crippen LogP contribution is 2.27. The summed E-state index contributed by atoms with van der Waals surface area (Å²) in [6.45, 7) is 12.8. The largest absolute Gasteiger partial charge is 0.314 e. The zero-order valence-electron chi connectivity index (χ0n) is 12.4. The summed E-state index contributed by atoms with van der Waals surface area (Å²) in [4.78, 5) is 2.58. The molecule has 0 saturated carbocycles. The first-order valence-electron chi connectivity index (χ1n) is 6.82. The second-order valence-electron chi connectivity index (χ2n) is 5.38. The van der Waals surface area contributed by atoms with Gasteiger partial charge in [0.2, 0.25) is 0 Å². The minimum absolute atomic E-state index is 0. The van der Waals surface area contributed by atoms with Gasteiger partial charge in [-0.1, -0.05) is 35.4 Å². The van der Waals surface area contributed by atoms with Crippen LogP contribution in [0.4, 0.5) is 0 Å². The summed E-state index contributed by atoms with van der Waals surface area (Å²) in [6.07, 6.45) is 1.06. The maximum absolute atomic E-state index is 4.10. The van der Waals surface area contributed by atoms with E-state index in [9.17, 15) is 0 Å². The Morgan fingerprint density at radius 3 is 2.50 bits per heavy atom. The number of nitrogens with one attached hydrogen (secondary N) is 1. The Kier molecular flexibility index (Phi) is 9.15. The molecule has 2 nitrogen and oxygen atoms in total. The summed E-state index contributed by atoms with van der Waals surface area (Å²) in [5.41, 5.74) is 4.04. The smallest absolute Gasteiger partial charge is 0.0386 e. The highest BCUT2D eigenvalue weighted by atomic mass is 35.5. The Balaban J connectivity index is 0.00000180. The fraction of sp³-hybridized carbons (Fsp3) is 0.500. The second kappa shape index (κ2) is 9.41. The van der Waals surface area contributed by atoms with Crippen molar-refractivity contribution in [3.8, 4) is 0 Å². The number of hydrogen-bond acceptors (Lipinski definition) is 2. The van der Waals surface area contributed by atoms with E-state index in [0.29, 0.717) is 6.04 Å². The van der Waals surface area contributed by atoms with Crippen molar-refractivity contribution < 1.29 is 0 Å². The van der Waals surface area contributed by atoms with Gasteiger partial charge in [0.05, 0.1) is 0 Å². The van der Waals surface area contributed by atoms with Crippen LogP contribution in [0.5, 0.6) is 0 Å². The molecule has 0 amide bonds. The molecule has 0 aromatic heterocycles. The number of nitrogens with zero attached hydrogens (tertiary/aromatic N) is 1. The molecule has 1 atom stereocenters. The number of rotatable bonds is 4. The molecule has 2 rings (SSSR count). The maximum atomic E-state index is 4.10. The third-order valence-corrected chi connectivity index (χ3v) is 3.56. The monoisotopic (exact) mass is 316 g/mol. The number of benzene rings is 1. The molecule has 1 fully saturated rings. The van der Waals surface area contributed by atoms with E-state index >= 15 is 0 Å². The molecule has 0 aliphatic carbocycles. The average molecular weight is 317 g/mol. The fourth-order valence-electron chi connectivity index (χ4n) is 2.66. The predicted molar refractivity (Wildman–Crippen MR) is 92.3 cm³/mol. The topological polar surface area (TPSA) is 15.3 Å². The van der Waals surface area contributed by atoms with E-state index in [4.69, 9.17) is 0 Å². The molecule has 1 aliphatic rings. The van der Waals surface area contributed by atoms with E-state index in [1.54, 1.807) is 0 Å². The van der Waals surface area contributed by atoms with Gasteiger partial charge in [0.15, 0.2) is 0 Å².